The fraction of sp³-hybridized carbons (Fsp3) is 0.500. The maximum Gasteiger partial charge on any atom is 0.165 e. The van der Waals surface area contributed by atoms with E-state index in [2.05, 4.69) is 51.6 Å². The van der Waals surface area contributed by atoms with Gasteiger partial charge in [0, 0.05) is 37.4 Å². The van der Waals surface area contributed by atoms with Gasteiger partial charge in [0.05, 0.1) is 0 Å². The van der Waals surface area contributed by atoms with Crippen LogP contribution in [0.15, 0.2) is 30.6 Å². The van der Waals surface area contributed by atoms with E-state index >= 15 is 0 Å². The number of aromatic nitrogens is 3. The lowest BCUT2D eigenvalue weighted by molar-refractivity contribution is 0.229. The summed E-state index contributed by atoms with van der Waals surface area (Å²) in [4.78, 5) is 2.51. The van der Waals surface area contributed by atoms with Gasteiger partial charge in [0.25, 0.3) is 0 Å². The molecule has 0 bridgehead atoms. The number of anilines is 1. The Morgan fingerprint density at radius 2 is 2.00 bits per heavy atom. The van der Waals surface area contributed by atoms with E-state index in [1.54, 1.807) is 6.33 Å². The lowest BCUT2D eigenvalue weighted by Gasteiger charge is -2.32. The smallest absolute Gasteiger partial charge is 0.165 e. The molecule has 0 unspecified atom stereocenters. The Morgan fingerprint density at radius 3 is 2.67 bits per heavy atom. The quantitative estimate of drug-likeness (QED) is 0.937. The maximum atomic E-state index is 4.23. The Morgan fingerprint density at radius 1 is 1.24 bits per heavy atom. The molecule has 1 fully saturated rings. The van der Waals surface area contributed by atoms with E-state index in [1.807, 2.05) is 11.6 Å². The molecule has 1 aromatic heterocycles. The lowest BCUT2D eigenvalue weighted by atomic mass is 10.0. The molecule has 5 heteroatoms. The summed E-state index contributed by atoms with van der Waals surface area (Å²) in [6.07, 6.45) is 4.13. The zero-order valence-electron chi connectivity index (χ0n) is 12.8. The molecule has 3 rings (SSSR count). The summed E-state index contributed by atoms with van der Waals surface area (Å²) in [6.45, 7) is 5.75. The first-order valence-electron chi connectivity index (χ1n) is 7.70. The van der Waals surface area contributed by atoms with E-state index in [0.717, 1.165) is 23.6 Å². The molecule has 1 aromatic carbocycles. The number of aryl methyl sites for hydroxylation is 1. The van der Waals surface area contributed by atoms with Gasteiger partial charge in [0.2, 0.25) is 0 Å². The van der Waals surface area contributed by atoms with E-state index in [1.165, 1.54) is 25.9 Å². The molecule has 2 heterocycles. The number of hydrogen-bond acceptors (Lipinski definition) is 4. The predicted octanol–water partition coefficient (Wildman–Crippen LogP) is 2.38. The minimum absolute atomic E-state index is 0.544. The SMILES string of the molecule is CCN1CCC(Nc2ccccc2-c2nncn2C)CC1. The second kappa shape index (κ2) is 6.26. The van der Waals surface area contributed by atoms with Crippen LogP contribution < -0.4 is 5.32 Å². The van der Waals surface area contributed by atoms with Crippen molar-refractivity contribution in [3.8, 4) is 11.4 Å². The number of hydrogen-bond donors (Lipinski definition) is 1. The summed E-state index contributed by atoms with van der Waals surface area (Å²) in [5.74, 6) is 0.907. The molecule has 0 atom stereocenters. The Kier molecular flexibility index (Phi) is 4.20. The Hall–Kier alpha value is -1.88. The van der Waals surface area contributed by atoms with Crippen molar-refractivity contribution in [3.63, 3.8) is 0 Å². The number of nitrogens with zero attached hydrogens (tertiary/aromatic N) is 4. The molecule has 21 heavy (non-hydrogen) atoms. The molecular weight excluding hydrogens is 262 g/mol. The monoisotopic (exact) mass is 285 g/mol. The number of likely N-dealkylation sites (tertiary alicyclic amines) is 1. The second-order valence-corrected chi connectivity index (χ2v) is 5.66. The number of piperidine rings is 1. The fourth-order valence-electron chi connectivity index (χ4n) is 2.94. The largest absolute Gasteiger partial charge is 0.382 e. The summed E-state index contributed by atoms with van der Waals surface area (Å²) in [7, 11) is 1.98. The number of benzene rings is 1. The van der Waals surface area contributed by atoms with Crippen molar-refractivity contribution < 1.29 is 0 Å². The number of rotatable bonds is 4. The van der Waals surface area contributed by atoms with Crippen LogP contribution in [-0.4, -0.2) is 45.3 Å². The second-order valence-electron chi connectivity index (χ2n) is 5.66. The van der Waals surface area contributed by atoms with Crippen LogP contribution in [0.25, 0.3) is 11.4 Å². The highest BCUT2D eigenvalue weighted by atomic mass is 15.2. The highest BCUT2D eigenvalue weighted by molar-refractivity contribution is 5.73. The van der Waals surface area contributed by atoms with Crippen LogP contribution in [0, 0.1) is 0 Å². The summed E-state index contributed by atoms with van der Waals surface area (Å²) < 4.78 is 1.96. The molecular formula is C16H23N5. The Labute approximate surface area is 126 Å². The van der Waals surface area contributed by atoms with E-state index in [9.17, 15) is 0 Å². The topological polar surface area (TPSA) is 46.0 Å². The van der Waals surface area contributed by atoms with E-state index in [-0.39, 0.29) is 0 Å². The minimum Gasteiger partial charge on any atom is -0.382 e. The maximum absolute atomic E-state index is 4.23. The lowest BCUT2D eigenvalue weighted by Crippen LogP contribution is -2.38. The van der Waals surface area contributed by atoms with Crippen LogP contribution in [0.3, 0.4) is 0 Å². The summed E-state index contributed by atoms with van der Waals surface area (Å²) in [6, 6.07) is 8.91. The van der Waals surface area contributed by atoms with Gasteiger partial charge in [0.1, 0.15) is 6.33 Å². The third-order valence-corrected chi connectivity index (χ3v) is 4.27. The van der Waals surface area contributed by atoms with Crippen molar-refractivity contribution in [1.29, 1.82) is 0 Å². The van der Waals surface area contributed by atoms with Gasteiger partial charge in [-0.05, 0) is 31.5 Å². The van der Waals surface area contributed by atoms with Crippen LogP contribution >= 0.6 is 0 Å². The van der Waals surface area contributed by atoms with Gasteiger partial charge in [-0.3, -0.25) is 0 Å². The molecule has 1 aliphatic rings. The highest BCUT2D eigenvalue weighted by Gasteiger charge is 2.19. The van der Waals surface area contributed by atoms with Gasteiger partial charge < -0.3 is 14.8 Å². The molecule has 1 saturated heterocycles. The number of nitrogens with one attached hydrogen (secondary N) is 1. The first kappa shape index (κ1) is 14.1. The van der Waals surface area contributed by atoms with Crippen LogP contribution in [0.5, 0.6) is 0 Å². The van der Waals surface area contributed by atoms with Crippen molar-refractivity contribution in [2.75, 3.05) is 25.0 Å². The van der Waals surface area contributed by atoms with Gasteiger partial charge in [-0.2, -0.15) is 0 Å². The van der Waals surface area contributed by atoms with Gasteiger partial charge in [0.15, 0.2) is 5.82 Å². The molecule has 1 aliphatic heterocycles. The average molecular weight is 285 g/mol. The Balaban J connectivity index is 1.76. The zero-order valence-corrected chi connectivity index (χ0v) is 12.8. The molecule has 1 N–H and O–H groups in total. The zero-order chi connectivity index (χ0) is 14.7. The van der Waals surface area contributed by atoms with Crippen LogP contribution in [0.1, 0.15) is 19.8 Å². The normalized spacial score (nSPS) is 17.0. The molecule has 0 spiro atoms. The fourth-order valence-corrected chi connectivity index (χ4v) is 2.94. The first-order valence-corrected chi connectivity index (χ1v) is 7.70. The Bertz CT molecular complexity index is 584. The molecule has 5 nitrogen and oxygen atoms in total. The highest BCUT2D eigenvalue weighted by Crippen LogP contribution is 2.27. The van der Waals surface area contributed by atoms with Crippen molar-refractivity contribution >= 4 is 5.69 Å². The van der Waals surface area contributed by atoms with Gasteiger partial charge in [-0.1, -0.05) is 19.1 Å². The predicted molar refractivity (Wildman–Crippen MR) is 85.2 cm³/mol. The minimum atomic E-state index is 0.544. The van der Waals surface area contributed by atoms with Crippen LogP contribution in [0.4, 0.5) is 5.69 Å². The van der Waals surface area contributed by atoms with Crippen LogP contribution in [-0.2, 0) is 7.05 Å². The molecule has 0 amide bonds. The van der Waals surface area contributed by atoms with Gasteiger partial charge >= 0.3 is 0 Å². The van der Waals surface area contributed by atoms with Crippen molar-refractivity contribution in [3.05, 3.63) is 30.6 Å². The molecule has 2 aromatic rings. The van der Waals surface area contributed by atoms with E-state index < -0.39 is 0 Å². The summed E-state index contributed by atoms with van der Waals surface area (Å²) in [5.41, 5.74) is 2.28. The summed E-state index contributed by atoms with van der Waals surface area (Å²) in [5, 5.41) is 11.9. The first-order chi connectivity index (χ1) is 10.3. The average Bonchev–Trinajstić information content (AvgIpc) is 2.95. The molecule has 0 saturated carbocycles. The molecule has 0 radical (unpaired) electrons. The van der Waals surface area contributed by atoms with Crippen molar-refractivity contribution in [2.45, 2.75) is 25.8 Å². The van der Waals surface area contributed by atoms with Gasteiger partial charge in [-0.25, -0.2) is 0 Å². The van der Waals surface area contributed by atoms with Crippen LogP contribution in [0.2, 0.25) is 0 Å². The molecule has 0 aliphatic carbocycles. The third-order valence-electron chi connectivity index (χ3n) is 4.27. The molecule has 112 valence electrons. The van der Waals surface area contributed by atoms with Crippen molar-refractivity contribution in [2.24, 2.45) is 7.05 Å². The third kappa shape index (κ3) is 3.08. The van der Waals surface area contributed by atoms with E-state index in [0.29, 0.717) is 6.04 Å². The van der Waals surface area contributed by atoms with Crippen molar-refractivity contribution in [1.82, 2.24) is 19.7 Å². The standard InChI is InChI=1S/C16H23N5/c1-3-21-10-8-13(9-11-21)18-15-7-5-4-6-14(15)16-19-17-12-20(16)2/h4-7,12-13,18H,3,8-11H2,1-2H3. The van der Waals surface area contributed by atoms with E-state index in [4.69, 9.17) is 0 Å². The number of para-hydroxylation sites is 1. The van der Waals surface area contributed by atoms with Gasteiger partial charge in [-0.15, -0.1) is 10.2 Å². The summed E-state index contributed by atoms with van der Waals surface area (Å²) >= 11 is 0.